The standard InChI is InChI=1S/C18H20ClF3N4O4SSi/c1-32(2,3)7-6-29-11-26-17(15-9-16(19)24-10-23-15)13-8-12(4-5-14(13)25-26)30-31(27,28)18(20,21)22/h4-5,8-10H,6-7,11H2,1-3H3. The van der Waals surface area contributed by atoms with Crippen molar-refractivity contribution >= 4 is 40.7 Å². The topological polar surface area (TPSA) is 96.2 Å². The minimum Gasteiger partial charge on any atom is -0.376 e. The Morgan fingerprint density at radius 3 is 2.50 bits per heavy atom. The van der Waals surface area contributed by atoms with Crippen molar-refractivity contribution in [2.75, 3.05) is 6.61 Å². The van der Waals surface area contributed by atoms with E-state index in [1.54, 1.807) is 0 Å². The molecule has 0 unspecified atom stereocenters. The first-order valence-electron chi connectivity index (χ1n) is 9.34. The van der Waals surface area contributed by atoms with Gasteiger partial charge in [0.2, 0.25) is 0 Å². The van der Waals surface area contributed by atoms with Gasteiger partial charge in [0.05, 0.1) is 16.9 Å². The van der Waals surface area contributed by atoms with Crippen molar-refractivity contribution in [1.82, 2.24) is 19.7 Å². The summed E-state index contributed by atoms with van der Waals surface area (Å²) < 4.78 is 72.4. The Labute approximate surface area is 188 Å². The van der Waals surface area contributed by atoms with Gasteiger partial charge in [0, 0.05) is 26.1 Å². The van der Waals surface area contributed by atoms with Crippen LogP contribution in [0.2, 0.25) is 30.8 Å². The molecule has 0 amide bonds. The molecule has 0 aliphatic carbocycles. The van der Waals surface area contributed by atoms with E-state index in [4.69, 9.17) is 16.3 Å². The van der Waals surface area contributed by atoms with Crippen LogP contribution in [0.25, 0.3) is 22.3 Å². The third kappa shape index (κ3) is 5.76. The second kappa shape index (κ2) is 8.96. The summed E-state index contributed by atoms with van der Waals surface area (Å²) in [6.45, 7) is 7.19. The zero-order valence-electron chi connectivity index (χ0n) is 17.4. The average molecular weight is 509 g/mol. The van der Waals surface area contributed by atoms with Gasteiger partial charge in [0.1, 0.15) is 24.0 Å². The molecule has 0 bridgehead atoms. The second-order valence-electron chi connectivity index (χ2n) is 8.08. The Hall–Kier alpha value is -2.22. The highest BCUT2D eigenvalue weighted by atomic mass is 35.5. The summed E-state index contributed by atoms with van der Waals surface area (Å²) in [6, 6.07) is 5.97. The zero-order valence-corrected chi connectivity index (χ0v) is 19.9. The Bertz CT molecular complexity index is 1230. The number of halogens is 4. The van der Waals surface area contributed by atoms with Gasteiger partial charge < -0.3 is 8.92 Å². The molecule has 0 spiro atoms. The van der Waals surface area contributed by atoms with Crippen LogP contribution in [0.15, 0.2) is 30.6 Å². The predicted octanol–water partition coefficient (Wildman–Crippen LogP) is 4.69. The maximum Gasteiger partial charge on any atom is 0.534 e. The minimum absolute atomic E-state index is 0.0488. The van der Waals surface area contributed by atoms with Gasteiger partial charge in [-0.25, -0.2) is 14.6 Å². The van der Waals surface area contributed by atoms with Crippen molar-refractivity contribution in [2.24, 2.45) is 0 Å². The quantitative estimate of drug-likeness (QED) is 0.143. The summed E-state index contributed by atoms with van der Waals surface area (Å²) >= 11 is 5.97. The average Bonchev–Trinajstić information content (AvgIpc) is 3.01. The lowest BCUT2D eigenvalue weighted by atomic mass is 10.1. The maximum absolute atomic E-state index is 12.7. The smallest absolute Gasteiger partial charge is 0.376 e. The number of ether oxygens (including phenoxy) is 1. The fourth-order valence-electron chi connectivity index (χ4n) is 2.69. The van der Waals surface area contributed by atoms with Gasteiger partial charge in [-0.3, -0.25) is 0 Å². The Balaban J connectivity index is 2.02. The molecule has 0 saturated carbocycles. The molecule has 0 radical (unpaired) electrons. The normalized spacial score (nSPS) is 13.0. The van der Waals surface area contributed by atoms with E-state index in [-0.39, 0.29) is 11.9 Å². The number of fused-ring (bicyclic) bond motifs is 1. The van der Waals surface area contributed by atoms with Crippen LogP contribution < -0.4 is 4.18 Å². The molecule has 0 atom stereocenters. The van der Waals surface area contributed by atoms with Gasteiger partial charge in [-0.15, -0.1) is 0 Å². The van der Waals surface area contributed by atoms with E-state index >= 15 is 0 Å². The van der Waals surface area contributed by atoms with Gasteiger partial charge in [-0.05, 0) is 24.2 Å². The fraction of sp³-hybridized carbons (Fsp3) is 0.389. The van der Waals surface area contributed by atoms with Gasteiger partial charge in [0.25, 0.3) is 0 Å². The van der Waals surface area contributed by atoms with E-state index in [1.807, 2.05) is 0 Å². The summed E-state index contributed by atoms with van der Waals surface area (Å²) in [5.41, 5.74) is -4.48. The number of rotatable bonds is 8. The molecule has 3 rings (SSSR count). The third-order valence-corrected chi connectivity index (χ3v) is 7.18. The van der Waals surface area contributed by atoms with Gasteiger partial charge in [0.15, 0.2) is 0 Å². The third-order valence-electron chi connectivity index (χ3n) is 4.29. The summed E-state index contributed by atoms with van der Waals surface area (Å²) in [7, 11) is -7.14. The molecular formula is C18H20ClF3N4O4SSi. The van der Waals surface area contributed by atoms with Gasteiger partial charge >= 0.3 is 15.6 Å². The molecule has 0 aliphatic rings. The van der Waals surface area contributed by atoms with Crippen LogP contribution in [-0.2, 0) is 21.6 Å². The molecule has 0 saturated heterocycles. The van der Waals surface area contributed by atoms with E-state index in [0.29, 0.717) is 28.9 Å². The van der Waals surface area contributed by atoms with Crippen LogP contribution in [0.5, 0.6) is 5.75 Å². The largest absolute Gasteiger partial charge is 0.534 e. The van der Waals surface area contributed by atoms with Crippen LogP contribution in [0, 0.1) is 0 Å². The highest BCUT2D eigenvalue weighted by molar-refractivity contribution is 7.88. The van der Waals surface area contributed by atoms with Gasteiger partial charge in [-0.1, -0.05) is 31.2 Å². The van der Waals surface area contributed by atoms with Crippen LogP contribution in [0.4, 0.5) is 13.2 Å². The molecule has 1 aromatic carbocycles. The lowest BCUT2D eigenvalue weighted by molar-refractivity contribution is -0.0500. The Morgan fingerprint density at radius 1 is 1.16 bits per heavy atom. The molecule has 174 valence electrons. The first-order chi connectivity index (χ1) is 14.8. The van der Waals surface area contributed by atoms with Gasteiger partial charge in [-0.2, -0.15) is 26.7 Å². The maximum atomic E-state index is 12.7. The molecule has 3 aromatic rings. The Morgan fingerprint density at radius 2 is 1.88 bits per heavy atom. The van der Waals surface area contributed by atoms with Crippen LogP contribution in [0.1, 0.15) is 0 Å². The predicted molar refractivity (Wildman–Crippen MR) is 115 cm³/mol. The fourth-order valence-corrected chi connectivity index (χ4v) is 4.05. The van der Waals surface area contributed by atoms with Crippen LogP contribution in [-0.4, -0.2) is 48.4 Å². The minimum atomic E-state index is -5.82. The summed E-state index contributed by atoms with van der Waals surface area (Å²) in [6.07, 6.45) is 1.22. The zero-order chi connectivity index (χ0) is 23.7. The first-order valence-corrected chi connectivity index (χ1v) is 14.8. The van der Waals surface area contributed by atoms with Crippen molar-refractivity contribution < 1.29 is 30.5 Å². The molecule has 14 heteroatoms. The van der Waals surface area contributed by atoms with E-state index < -0.39 is 29.4 Å². The molecule has 2 aromatic heterocycles. The second-order valence-corrected chi connectivity index (χ2v) is 15.6. The van der Waals surface area contributed by atoms with E-state index in [2.05, 4.69) is 38.9 Å². The molecule has 2 heterocycles. The van der Waals surface area contributed by atoms with Crippen molar-refractivity contribution in [3.05, 3.63) is 35.7 Å². The SMILES string of the molecule is C[Si](C)(C)CCOCn1nc2ccc(OS(=O)(=O)C(F)(F)F)cc2c1-c1cc(Cl)ncn1. The lowest BCUT2D eigenvalue weighted by Crippen LogP contribution is -2.28. The van der Waals surface area contributed by atoms with Crippen molar-refractivity contribution in [3.63, 3.8) is 0 Å². The monoisotopic (exact) mass is 508 g/mol. The molecule has 0 aliphatic heterocycles. The highest BCUT2D eigenvalue weighted by Gasteiger charge is 2.48. The summed E-state index contributed by atoms with van der Waals surface area (Å²) in [4.78, 5) is 7.98. The molecular weight excluding hydrogens is 489 g/mol. The highest BCUT2D eigenvalue weighted by Crippen LogP contribution is 2.33. The number of nitrogens with zero attached hydrogens (tertiary/aromatic N) is 4. The number of hydrogen-bond acceptors (Lipinski definition) is 7. The van der Waals surface area contributed by atoms with Crippen LogP contribution >= 0.6 is 11.6 Å². The molecule has 32 heavy (non-hydrogen) atoms. The Kier molecular flexibility index (Phi) is 6.84. The molecule has 0 fully saturated rings. The molecule has 0 N–H and O–H groups in total. The van der Waals surface area contributed by atoms with E-state index in [0.717, 1.165) is 18.2 Å². The van der Waals surface area contributed by atoms with Crippen molar-refractivity contribution in [2.45, 2.75) is 37.9 Å². The van der Waals surface area contributed by atoms with E-state index in [1.165, 1.54) is 23.1 Å². The lowest BCUT2D eigenvalue weighted by Gasteiger charge is -2.15. The number of alkyl halides is 3. The van der Waals surface area contributed by atoms with Crippen LogP contribution in [0.3, 0.4) is 0 Å². The first kappa shape index (κ1) is 24.4. The molecule has 8 nitrogen and oxygen atoms in total. The van der Waals surface area contributed by atoms with Crippen molar-refractivity contribution in [1.29, 1.82) is 0 Å². The summed E-state index contributed by atoms with van der Waals surface area (Å²) in [5, 5.41) is 4.86. The van der Waals surface area contributed by atoms with Crippen molar-refractivity contribution in [3.8, 4) is 17.1 Å². The number of benzene rings is 1. The number of aromatic nitrogens is 4. The summed E-state index contributed by atoms with van der Waals surface area (Å²) in [5.74, 6) is -0.518. The number of hydrogen-bond donors (Lipinski definition) is 0. The van der Waals surface area contributed by atoms with E-state index in [9.17, 15) is 21.6 Å².